The Morgan fingerprint density at radius 3 is 2.52 bits per heavy atom. The van der Waals surface area contributed by atoms with Gasteiger partial charge in [-0.2, -0.15) is 0 Å². The number of nitrogens with zero attached hydrogens (tertiary/aromatic N) is 3. The van der Waals surface area contributed by atoms with E-state index in [1.54, 1.807) is 0 Å². The number of carbonyl (C=O) groups excluding carboxylic acids is 1. The highest BCUT2D eigenvalue weighted by atomic mass is 16.2. The van der Waals surface area contributed by atoms with Gasteiger partial charge in [-0.25, -0.2) is 9.97 Å². The predicted octanol–water partition coefficient (Wildman–Crippen LogP) is 4.00. The van der Waals surface area contributed by atoms with Crippen LogP contribution in [0.2, 0.25) is 0 Å². The van der Waals surface area contributed by atoms with Crippen LogP contribution >= 0.6 is 0 Å². The maximum Gasteiger partial charge on any atom is 0.228 e. The van der Waals surface area contributed by atoms with Crippen molar-refractivity contribution in [3.05, 3.63) is 18.1 Å². The summed E-state index contributed by atoms with van der Waals surface area (Å²) in [7, 11) is 0. The lowest BCUT2D eigenvalue weighted by atomic mass is 9.91. The lowest BCUT2D eigenvalue weighted by Gasteiger charge is -2.27. The average molecular weight is 291 g/mol. The van der Waals surface area contributed by atoms with E-state index in [1.165, 1.54) is 6.33 Å². The Balaban J connectivity index is 3.02. The van der Waals surface area contributed by atoms with Gasteiger partial charge >= 0.3 is 0 Å². The molecule has 0 fully saturated rings. The number of amides is 1. The van der Waals surface area contributed by atoms with Crippen LogP contribution in [-0.4, -0.2) is 22.4 Å². The van der Waals surface area contributed by atoms with Gasteiger partial charge in [0.25, 0.3) is 0 Å². The van der Waals surface area contributed by atoms with E-state index in [9.17, 15) is 4.79 Å². The molecule has 0 saturated carbocycles. The van der Waals surface area contributed by atoms with Crippen molar-refractivity contribution in [3.63, 3.8) is 0 Å². The van der Waals surface area contributed by atoms with Crippen molar-refractivity contribution in [2.75, 3.05) is 11.4 Å². The summed E-state index contributed by atoms with van der Waals surface area (Å²) < 4.78 is 0. The molecule has 1 amide bonds. The molecule has 0 atom stereocenters. The molecule has 0 spiro atoms. The van der Waals surface area contributed by atoms with Crippen LogP contribution in [0.1, 0.15) is 65.9 Å². The molecule has 4 nitrogen and oxygen atoms in total. The predicted molar refractivity (Wildman–Crippen MR) is 87.4 cm³/mol. The van der Waals surface area contributed by atoms with Gasteiger partial charge in [-0.05, 0) is 24.7 Å². The molecule has 1 aromatic heterocycles. The van der Waals surface area contributed by atoms with Crippen LogP contribution < -0.4 is 4.90 Å². The van der Waals surface area contributed by atoms with Gasteiger partial charge in [0.1, 0.15) is 12.1 Å². The first-order valence-electron chi connectivity index (χ1n) is 7.98. The second-order valence-electron chi connectivity index (χ2n) is 6.76. The number of aromatic nitrogens is 2. The number of hydrogen-bond donors (Lipinski definition) is 0. The van der Waals surface area contributed by atoms with E-state index in [-0.39, 0.29) is 11.3 Å². The van der Waals surface area contributed by atoms with Crippen molar-refractivity contribution in [1.82, 2.24) is 9.97 Å². The van der Waals surface area contributed by atoms with Gasteiger partial charge < -0.3 is 0 Å². The summed E-state index contributed by atoms with van der Waals surface area (Å²) in [5, 5.41) is 0. The number of unbranched alkanes of at least 4 members (excludes halogenated alkanes) is 1. The molecule has 0 radical (unpaired) electrons. The highest BCUT2D eigenvalue weighted by Gasteiger charge is 2.24. The van der Waals surface area contributed by atoms with E-state index in [4.69, 9.17) is 0 Å². The third-order valence-electron chi connectivity index (χ3n) is 3.25. The van der Waals surface area contributed by atoms with E-state index in [1.807, 2.05) is 11.1 Å². The number of hydrogen-bond acceptors (Lipinski definition) is 3. The number of aryl methyl sites for hydroxylation is 1. The molecule has 0 aliphatic carbocycles. The average Bonchev–Trinajstić information content (AvgIpc) is 2.41. The van der Waals surface area contributed by atoms with Crippen molar-refractivity contribution in [2.45, 2.75) is 66.7 Å². The van der Waals surface area contributed by atoms with Crippen LogP contribution in [0.15, 0.2) is 12.5 Å². The lowest BCUT2D eigenvalue weighted by molar-refractivity contribution is -0.120. The van der Waals surface area contributed by atoms with Crippen molar-refractivity contribution < 1.29 is 4.79 Å². The maximum atomic E-state index is 12.6. The minimum atomic E-state index is -0.0142. The standard InChI is InChI=1S/C17H29N3O/c1-6-8-9-14-12-18-13-19-16(14)20(10-7-2)15(21)11-17(3,4)5/h12-13H,6-11H2,1-5H3. The summed E-state index contributed by atoms with van der Waals surface area (Å²) in [5.74, 6) is 0.954. The molecule has 0 saturated heterocycles. The van der Waals surface area contributed by atoms with E-state index in [2.05, 4.69) is 44.6 Å². The number of anilines is 1. The zero-order chi connectivity index (χ0) is 15.9. The number of rotatable bonds is 7. The largest absolute Gasteiger partial charge is 0.296 e. The van der Waals surface area contributed by atoms with Gasteiger partial charge in [0.05, 0.1) is 0 Å². The van der Waals surface area contributed by atoms with Gasteiger partial charge in [0, 0.05) is 24.7 Å². The topological polar surface area (TPSA) is 46.1 Å². The highest BCUT2D eigenvalue weighted by molar-refractivity contribution is 5.93. The molecule has 4 heteroatoms. The first kappa shape index (κ1) is 17.6. The molecule has 0 N–H and O–H groups in total. The first-order chi connectivity index (χ1) is 9.89. The zero-order valence-corrected chi connectivity index (χ0v) is 14.1. The summed E-state index contributed by atoms with van der Waals surface area (Å²) in [6, 6.07) is 0. The van der Waals surface area contributed by atoms with Crippen molar-refractivity contribution in [2.24, 2.45) is 5.41 Å². The van der Waals surface area contributed by atoms with E-state index >= 15 is 0 Å². The van der Waals surface area contributed by atoms with Gasteiger partial charge in [-0.1, -0.05) is 41.0 Å². The Labute approximate surface area is 129 Å². The summed E-state index contributed by atoms with van der Waals surface area (Å²) >= 11 is 0. The molecule has 0 aliphatic heterocycles. The van der Waals surface area contributed by atoms with Gasteiger partial charge in [-0.15, -0.1) is 0 Å². The second kappa shape index (κ2) is 8.11. The fourth-order valence-corrected chi connectivity index (χ4v) is 2.26. The molecule has 0 aromatic carbocycles. The highest BCUT2D eigenvalue weighted by Crippen LogP contribution is 2.24. The molecule has 0 bridgehead atoms. The minimum absolute atomic E-state index is 0.0142. The Hall–Kier alpha value is -1.45. The Bertz CT molecular complexity index is 452. The van der Waals surface area contributed by atoms with Crippen molar-refractivity contribution in [1.29, 1.82) is 0 Å². The third-order valence-corrected chi connectivity index (χ3v) is 3.25. The van der Waals surface area contributed by atoms with Crippen LogP contribution in [-0.2, 0) is 11.2 Å². The molecular weight excluding hydrogens is 262 g/mol. The summed E-state index contributed by atoms with van der Waals surface area (Å²) in [6.45, 7) is 11.2. The fourth-order valence-electron chi connectivity index (χ4n) is 2.26. The lowest BCUT2D eigenvalue weighted by Crippen LogP contribution is -2.35. The summed E-state index contributed by atoms with van der Waals surface area (Å²) in [5.41, 5.74) is 1.06. The minimum Gasteiger partial charge on any atom is -0.296 e. The molecule has 0 aliphatic rings. The quantitative estimate of drug-likeness (QED) is 0.763. The first-order valence-corrected chi connectivity index (χ1v) is 7.98. The molecular formula is C17H29N3O. The third kappa shape index (κ3) is 5.82. The molecule has 118 valence electrons. The van der Waals surface area contributed by atoms with E-state index < -0.39 is 0 Å². The Kier molecular flexibility index (Phi) is 6.79. The van der Waals surface area contributed by atoms with Crippen molar-refractivity contribution in [3.8, 4) is 0 Å². The smallest absolute Gasteiger partial charge is 0.228 e. The fraction of sp³-hybridized carbons (Fsp3) is 0.706. The van der Waals surface area contributed by atoms with Crippen LogP contribution in [0.25, 0.3) is 0 Å². The van der Waals surface area contributed by atoms with Crippen LogP contribution in [0.5, 0.6) is 0 Å². The SMILES string of the molecule is CCCCc1cncnc1N(CCC)C(=O)CC(C)(C)C. The summed E-state index contributed by atoms with van der Waals surface area (Å²) in [6.07, 6.45) is 7.99. The van der Waals surface area contributed by atoms with Crippen LogP contribution in [0, 0.1) is 5.41 Å². The van der Waals surface area contributed by atoms with Gasteiger partial charge in [-0.3, -0.25) is 9.69 Å². The molecule has 21 heavy (non-hydrogen) atoms. The molecule has 0 unspecified atom stereocenters. The van der Waals surface area contributed by atoms with Crippen LogP contribution in [0.4, 0.5) is 5.82 Å². The maximum absolute atomic E-state index is 12.6. The Morgan fingerprint density at radius 1 is 1.24 bits per heavy atom. The summed E-state index contributed by atoms with van der Waals surface area (Å²) in [4.78, 5) is 23.0. The van der Waals surface area contributed by atoms with Crippen molar-refractivity contribution >= 4 is 11.7 Å². The van der Waals surface area contributed by atoms with Gasteiger partial charge in [0.15, 0.2) is 0 Å². The second-order valence-corrected chi connectivity index (χ2v) is 6.76. The zero-order valence-electron chi connectivity index (χ0n) is 14.1. The Morgan fingerprint density at radius 2 is 1.95 bits per heavy atom. The molecule has 1 heterocycles. The number of carbonyl (C=O) groups is 1. The normalized spacial score (nSPS) is 11.5. The molecule has 1 rings (SSSR count). The van der Waals surface area contributed by atoms with E-state index in [0.29, 0.717) is 13.0 Å². The monoisotopic (exact) mass is 291 g/mol. The van der Waals surface area contributed by atoms with E-state index in [0.717, 1.165) is 37.1 Å². The van der Waals surface area contributed by atoms with Gasteiger partial charge in [0.2, 0.25) is 5.91 Å². The molecule has 1 aromatic rings. The van der Waals surface area contributed by atoms with Crippen LogP contribution in [0.3, 0.4) is 0 Å².